The van der Waals surface area contributed by atoms with E-state index in [1.807, 2.05) is 19.1 Å². The normalized spacial score (nSPS) is 10.7. The average Bonchev–Trinajstić information content (AvgIpc) is 2.76. The number of halogens is 2. The standard InChI is InChI=1S/C23H18Cl2N2O4/c1-14-3-6-16(7-4-14)22(28)27-26-13-15-5-10-20(21(11-15)30-2)31-23(29)17-8-9-18(24)19(25)12-17/h3-13H,1-2H3,(H,27,28)/b26-13-. The van der Waals surface area contributed by atoms with E-state index in [-0.39, 0.29) is 22.2 Å². The number of hydrogen-bond acceptors (Lipinski definition) is 5. The van der Waals surface area contributed by atoms with Crippen LogP contribution in [0.3, 0.4) is 0 Å². The van der Waals surface area contributed by atoms with Crippen LogP contribution in [0.15, 0.2) is 65.8 Å². The Hall–Kier alpha value is -3.35. The second-order valence-electron chi connectivity index (χ2n) is 6.49. The van der Waals surface area contributed by atoms with Crippen molar-refractivity contribution in [1.29, 1.82) is 0 Å². The van der Waals surface area contributed by atoms with Crippen LogP contribution in [0.2, 0.25) is 10.0 Å². The summed E-state index contributed by atoms with van der Waals surface area (Å²) in [7, 11) is 1.45. The molecule has 0 spiro atoms. The maximum atomic E-state index is 12.4. The third-order valence-corrected chi connectivity index (χ3v) is 4.98. The van der Waals surface area contributed by atoms with Gasteiger partial charge in [-0.1, -0.05) is 40.9 Å². The van der Waals surface area contributed by atoms with Gasteiger partial charge < -0.3 is 9.47 Å². The van der Waals surface area contributed by atoms with Gasteiger partial charge in [0.2, 0.25) is 0 Å². The van der Waals surface area contributed by atoms with Crippen LogP contribution in [0.5, 0.6) is 11.5 Å². The van der Waals surface area contributed by atoms with E-state index in [0.717, 1.165) is 5.56 Å². The summed E-state index contributed by atoms with van der Waals surface area (Å²) in [5.74, 6) is -0.388. The van der Waals surface area contributed by atoms with Crippen molar-refractivity contribution >= 4 is 41.3 Å². The van der Waals surface area contributed by atoms with Gasteiger partial charge in [-0.25, -0.2) is 10.2 Å². The van der Waals surface area contributed by atoms with Gasteiger partial charge in [0.05, 0.1) is 28.9 Å². The number of aryl methyl sites for hydroxylation is 1. The minimum absolute atomic E-state index is 0.222. The Morgan fingerprint density at radius 2 is 1.61 bits per heavy atom. The number of nitrogens with one attached hydrogen (secondary N) is 1. The Kier molecular flexibility index (Phi) is 7.28. The minimum Gasteiger partial charge on any atom is -0.493 e. The van der Waals surface area contributed by atoms with Crippen LogP contribution in [0.1, 0.15) is 31.8 Å². The molecule has 0 saturated heterocycles. The lowest BCUT2D eigenvalue weighted by molar-refractivity contribution is 0.0729. The van der Waals surface area contributed by atoms with Crippen LogP contribution >= 0.6 is 23.2 Å². The molecule has 0 aliphatic carbocycles. The smallest absolute Gasteiger partial charge is 0.343 e. The zero-order valence-corrected chi connectivity index (χ0v) is 18.2. The van der Waals surface area contributed by atoms with Gasteiger partial charge in [-0.15, -0.1) is 0 Å². The Labute approximate surface area is 189 Å². The summed E-state index contributed by atoms with van der Waals surface area (Å²) in [6, 6.07) is 16.5. The number of hydrogen-bond donors (Lipinski definition) is 1. The van der Waals surface area contributed by atoms with Gasteiger partial charge in [0.15, 0.2) is 11.5 Å². The summed E-state index contributed by atoms with van der Waals surface area (Å²) >= 11 is 11.8. The highest BCUT2D eigenvalue weighted by Crippen LogP contribution is 2.29. The number of benzene rings is 3. The molecule has 0 heterocycles. The zero-order valence-electron chi connectivity index (χ0n) is 16.7. The van der Waals surface area contributed by atoms with Gasteiger partial charge in [-0.05, 0) is 61.0 Å². The second kappa shape index (κ2) is 10.1. The number of carbonyl (C=O) groups excluding carboxylic acids is 2. The average molecular weight is 457 g/mol. The fourth-order valence-electron chi connectivity index (χ4n) is 2.57. The van der Waals surface area contributed by atoms with Gasteiger partial charge in [-0.3, -0.25) is 4.79 Å². The van der Waals surface area contributed by atoms with E-state index in [1.54, 1.807) is 30.3 Å². The van der Waals surface area contributed by atoms with Crippen LogP contribution in [0, 0.1) is 6.92 Å². The first-order valence-corrected chi connectivity index (χ1v) is 9.88. The lowest BCUT2D eigenvalue weighted by Crippen LogP contribution is -2.17. The monoisotopic (exact) mass is 456 g/mol. The quantitative estimate of drug-likeness (QED) is 0.236. The summed E-state index contributed by atoms with van der Waals surface area (Å²) in [6.45, 7) is 1.94. The van der Waals surface area contributed by atoms with Crippen LogP contribution < -0.4 is 14.9 Å². The molecule has 0 atom stereocenters. The molecule has 0 aromatic heterocycles. The molecule has 0 unspecified atom stereocenters. The number of amides is 1. The molecule has 1 amide bonds. The molecular weight excluding hydrogens is 439 g/mol. The highest BCUT2D eigenvalue weighted by atomic mass is 35.5. The minimum atomic E-state index is -0.608. The summed E-state index contributed by atoms with van der Waals surface area (Å²) in [6.07, 6.45) is 1.46. The molecular formula is C23H18Cl2N2O4. The first kappa shape index (κ1) is 22.3. The molecule has 1 N–H and O–H groups in total. The highest BCUT2D eigenvalue weighted by Gasteiger charge is 2.14. The van der Waals surface area contributed by atoms with E-state index >= 15 is 0 Å². The second-order valence-corrected chi connectivity index (χ2v) is 7.31. The molecule has 0 aliphatic rings. The van der Waals surface area contributed by atoms with Gasteiger partial charge in [0, 0.05) is 5.56 Å². The number of ether oxygens (including phenoxy) is 2. The maximum absolute atomic E-state index is 12.4. The number of esters is 1. The summed E-state index contributed by atoms with van der Waals surface area (Å²) in [4.78, 5) is 24.5. The summed E-state index contributed by atoms with van der Waals surface area (Å²) in [5, 5.41) is 4.55. The van der Waals surface area contributed by atoms with Crippen molar-refractivity contribution in [1.82, 2.24) is 5.43 Å². The van der Waals surface area contributed by atoms with Crippen LogP contribution in [0.4, 0.5) is 0 Å². The fraction of sp³-hybridized carbons (Fsp3) is 0.0870. The zero-order chi connectivity index (χ0) is 22.4. The molecule has 0 bridgehead atoms. The number of carbonyl (C=O) groups is 2. The topological polar surface area (TPSA) is 77.0 Å². The molecule has 3 rings (SSSR count). The van der Waals surface area contributed by atoms with E-state index in [1.165, 1.54) is 31.5 Å². The predicted molar refractivity (Wildman–Crippen MR) is 121 cm³/mol. The molecule has 3 aromatic rings. The lowest BCUT2D eigenvalue weighted by Gasteiger charge is -2.10. The number of hydrazone groups is 1. The van der Waals surface area contributed by atoms with Gasteiger partial charge in [0.25, 0.3) is 5.91 Å². The first-order chi connectivity index (χ1) is 14.9. The van der Waals surface area contributed by atoms with E-state index in [9.17, 15) is 9.59 Å². The number of rotatable bonds is 6. The number of nitrogens with zero attached hydrogens (tertiary/aromatic N) is 1. The molecule has 3 aromatic carbocycles. The number of methoxy groups -OCH3 is 1. The molecule has 0 radical (unpaired) electrons. The van der Waals surface area contributed by atoms with Crippen molar-refractivity contribution in [3.63, 3.8) is 0 Å². The van der Waals surface area contributed by atoms with E-state index in [4.69, 9.17) is 32.7 Å². The Bertz CT molecular complexity index is 1140. The van der Waals surface area contributed by atoms with E-state index in [2.05, 4.69) is 10.5 Å². The predicted octanol–water partition coefficient (Wildman–Crippen LogP) is 5.29. The third-order valence-electron chi connectivity index (χ3n) is 4.24. The van der Waals surface area contributed by atoms with Crippen molar-refractivity contribution in [2.24, 2.45) is 5.10 Å². The summed E-state index contributed by atoms with van der Waals surface area (Å²) < 4.78 is 10.7. The lowest BCUT2D eigenvalue weighted by atomic mass is 10.1. The van der Waals surface area contributed by atoms with Crippen molar-refractivity contribution in [2.75, 3.05) is 7.11 Å². The molecule has 0 saturated carbocycles. The van der Waals surface area contributed by atoms with Crippen molar-refractivity contribution in [3.8, 4) is 11.5 Å². The van der Waals surface area contributed by atoms with Gasteiger partial charge >= 0.3 is 5.97 Å². The van der Waals surface area contributed by atoms with E-state index in [0.29, 0.717) is 21.9 Å². The Morgan fingerprint density at radius 1 is 0.903 bits per heavy atom. The van der Waals surface area contributed by atoms with Crippen LogP contribution in [-0.4, -0.2) is 25.2 Å². The van der Waals surface area contributed by atoms with Gasteiger partial charge in [0.1, 0.15) is 0 Å². The Balaban J connectivity index is 1.68. The third kappa shape index (κ3) is 5.84. The fourth-order valence-corrected chi connectivity index (χ4v) is 2.86. The molecule has 8 heteroatoms. The van der Waals surface area contributed by atoms with E-state index < -0.39 is 5.97 Å². The van der Waals surface area contributed by atoms with Crippen molar-refractivity contribution < 1.29 is 19.1 Å². The van der Waals surface area contributed by atoms with Crippen LogP contribution in [0.25, 0.3) is 0 Å². The largest absolute Gasteiger partial charge is 0.493 e. The maximum Gasteiger partial charge on any atom is 0.343 e. The first-order valence-electron chi connectivity index (χ1n) is 9.12. The molecule has 31 heavy (non-hydrogen) atoms. The SMILES string of the molecule is COc1cc(/C=N\NC(=O)c2ccc(C)cc2)ccc1OC(=O)c1ccc(Cl)c(Cl)c1. The molecule has 0 aliphatic heterocycles. The molecule has 0 fully saturated rings. The van der Waals surface area contributed by atoms with Crippen molar-refractivity contribution in [2.45, 2.75) is 6.92 Å². The van der Waals surface area contributed by atoms with Crippen molar-refractivity contribution in [3.05, 3.63) is 93.0 Å². The van der Waals surface area contributed by atoms with Gasteiger partial charge in [-0.2, -0.15) is 5.10 Å². The molecule has 158 valence electrons. The molecule has 6 nitrogen and oxygen atoms in total. The Morgan fingerprint density at radius 3 is 2.29 bits per heavy atom. The highest BCUT2D eigenvalue weighted by molar-refractivity contribution is 6.42. The summed E-state index contributed by atoms with van der Waals surface area (Å²) in [5.41, 5.74) is 4.92. The van der Waals surface area contributed by atoms with Crippen LogP contribution in [-0.2, 0) is 0 Å².